The van der Waals surface area contributed by atoms with E-state index in [2.05, 4.69) is 9.97 Å². The summed E-state index contributed by atoms with van der Waals surface area (Å²) in [6, 6.07) is 0. The Morgan fingerprint density at radius 1 is 1.33 bits per heavy atom. The van der Waals surface area contributed by atoms with Gasteiger partial charge in [0.25, 0.3) is 5.56 Å². The Hall–Kier alpha value is -1.32. The second-order valence-electron chi connectivity index (χ2n) is 4.29. The smallest absolute Gasteiger partial charge is 0.255 e. The lowest BCUT2D eigenvalue weighted by molar-refractivity contribution is 0.438. The highest BCUT2D eigenvalue weighted by Gasteiger charge is 2.21. The number of hydrogen-bond donors (Lipinski definition) is 2. The van der Waals surface area contributed by atoms with E-state index in [1.165, 1.54) is 19.3 Å². The van der Waals surface area contributed by atoms with Gasteiger partial charge < -0.3 is 5.73 Å². The largest absolute Gasteiger partial charge is 0.369 e. The van der Waals surface area contributed by atoms with E-state index in [1.54, 1.807) is 0 Å². The van der Waals surface area contributed by atoms with Crippen molar-refractivity contribution in [1.82, 2.24) is 9.97 Å². The Labute approximate surface area is 88.9 Å². The molecule has 0 aromatic carbocycles. The molecule has 0 atom stereocenters. The number of aromatic nitrogens is 2. The number of nitrogens with zero attached hydrogens (tertiary/aromatic N) is 1. The van der Waals surface area contributed by atoms with E-state index < -0.39 is 0 Å². The molecule has 1 aliphatic rings. The zero-order chi connectivity index (χ0) is 10.8. The van der Waals surface area contributed by atoms with Gasteiger partial charge in [-0.1, -0.05) is 19.3 Å². The minimum Gasteiger partial charge on any atom is -0.369 e. The number of hydrogen-bond acceptors (Lipinski definition) is 3. The molecule has 4 nitrogen and oxygen atoms in total. The van der Waals surface area contributed by atoms with E-state index in [-0.39, 0.29) is 11.5 Å². The first kappa shape index (κ1) is 10.2. The van der Waals surface area contributed by atoms with Crippen LogP contribution in [0.5, 0.6) is 0 Å². The molecule has 1 saturated carbocycles. The number of nitrogens with one attached hydrogen (secondary N) is 1. The van der Waals surface area contributed by atoms with Gasteiger partial charge in [-0.3, -0.25) is 9.78 Å². The first-order valence-electron chi connectivity index (χ1n) is 5.55. The zero-order valence-corrected chi connectivity index (χ0v) is 9.05. The predicted molar refractivity (Wildman–Crippen MR) is 59.8 cm³/mol. The first-order valence-corrected chi connectivity index (χ1v) is 5.55. The monoisotopic (exact) mass is 207 g/mol. The van der Waals surface area contributed by atoms with Gasteiger partial charge in [-0.15, -0.1) is 0 Å². The summed E-state index contributed by atoms with van der Waals surface area (Å²) in [5.41, 5.74) is 7.09. The Morgan fingerprint density at radius 3 is 2.60 bits per heavy atom. The van der Waals surface area contributed by atoms with E-state index in [9.17, 15) is 4.79 Å². The Balaban J connectivity index is 2.38. The van der Waals surface area contributed by atoms with Crippen molar-refractivity contribution in [3.05, 3.63) is 21.6 Å². The molecule has 1 fully saturated rings. The summed E-state index contributed by atoms with van der Waals surface area (Å²) in [6.45, 7) is 1.87. The van der Waals surface area contributed by atoms with E-state index in [0.717, 1.165) is 24.1 Å². The second-order valence-corrected chi connectivity index (χ2v) is 4.29. The van der Waals surface area contributed by atoms with Gasteiger partial charge in [0.05, 0.1) is 5.69 Å². The van der Waals surface area contributed by atoms with Crippen molar-refractivity contribution in [3.8, 4) is 0 Å². The van der Waals surface area contributed by atoms with Crippen LogP contribution in [-0.2, 0) is 0 Å². The summed E-state index contributed by atoms with van der Waals surface area (Å²) in [7, 11) is 0. The van der Waals surface area contributed by atoms with Crippen molar-refractivity contribution in [1.29, 1.82) is 0 Å². The molecule has 1 aliphatic carbocycles. The van der Waals surface area contributed by atoms with E-state index in [4.69, 9.17) is 5.73 Å². The maximum atomic E-state index is 11.8. The van der Waals surface area contributed by atoms with Gasteiger partial charge in [0.1, 0.15) is 0 Å². The number of nitrogens with two attached hydrogens (primary N) is 1. The van der Waals surface area contributed by atoms with Crippen LogP contribution in [-0.4, -0.2) is 9.97 Å². The van der Waals surface area contributed by atoms with Crippen LogP contribution in [0.2, 0.25) is 0 Å². The fraction of sp³-hybridized carbons (Fsp3) is 0.636. The van der Waals surface area contributed by atoms with Gasteiger partial charge in [0.15, 0.2) is 0 Å². The van der Waals surface area contributed by atoms with Crippen molar-refractivity contribution >= 4 is 5.95 Å². The van der Waals surface area contributed by atoms with Crippen LogP contribution in [0.15, 0.2) is 4.79 Å². The number of anilines is 1. The molecule has 1 aromatic heterocycles. The fourth-order valence-electron chi connectivity index (χ4n) is 2.49. The highest BCUT2D eigenvalue weighted by molar-refractivity contribution is 5.27. The SMILES string of the molecule is Cc1nc(N)[nH]c(=O)c1C1CCCCC1. The van der Waals surface area contributed by atoms with Gasteiger partial charge in [-0.25, -0.2) is 4.98 Å². The molecule has 0 bridgehead atoms. The van der Waals surface area contributed by atoms with Crippen LogP contribution in [0, 0.1) is 6.92 Å². The number of aryl methyl sites for hydroxylation is 1. The highest BCUT2D eigenvalue weighted by atomic mass is 16.1. The Kier molecular flexibility index (Phi) is 2.75. The lowest BCUT2D eigenvalue weighted by Gasteiger charge is -2.22. The minimum absolute atomic E-state index is 0.0492. The third-order valence-corrected chi connectivity index (χ3v) is 3.18. The third kappa shape index (κ3) is 2.03. The number of H-pyrrole nitrogens is 1. The van der Waals surface area contributed by atoms with Crippen LogP contribution in [0.25, 0.3) is 0 Å². The molecule has 1 heterocycles. The number of nitrogen functional groups attached to an aromatic ring is 1. The standard InChI is InChI=1S/C11H17N3O/c1-7-9(8-5-3-2-4-6-8)10(15)14-11(12)13-7/h8H,2-6H2,1H3,(H3,12,13,14,15). The molecule has 0 amide bonds. The zero-order valence-electron chi connectivity index (χ0n) is 9.05. The van der Waals surface area contributed by atoms with Crippen molar-refractivity contribution in [2.45, 2.75) is 44.9 Å². The molecule has 0 radical (unpaired) electrons. The molecule has 82 valence electrons. The lowest BCUT2D eigenvalue weighted by Crippen LogP contribution is -2.22. The Morgan fingerprint density at radius 2 is 2.00 bits per heavy atom. The highest BCUT2D eigenvalue weighted by Crippen LogP contribution is 2.31. The molecule has 3 N–H and O–H groups in total. The summed E-state index contributed by atoms with van der Waals surface area (Å²) in [5, 5.41) is 0. The first-order chi connectivity index (χ1) is 7.18. The fourth-order valence-corrected chi connectivity index (χ4v) is 2.49. The summed E-state index contributed by atoms with van der Waals surface area (Å²) in [4.78, 5) is 18.5. The van der Waals surface area contributed by atoms with E-state index in [0.29, 0.717) is 5.92 Å². The lowest BCUT2D eigenvalue weighted by atomic mass is 9.84. The second kappa shape index (κ2) is 4.04. The molecular weight excluding hydrogens is 190 g/mol. The maximum absolute atomic E-state index is 11.8. The summed E-state index contributed by atoms with van der Waals surface area (Å²) < 4.78 is 0. The minimum atomic E-state index is -0.0492. The van der Waals surface area contributed by atoms with Crippen LogP contribution < -0.4 is 11.3 Å². The molecule has 15 heavy (non-hydrogen) atoms. The average molecular weight is 207 g/mol. The van der Waals surface area contributed by atoms with Gasteiger partial charge in [0.2, 0.25) is 5.95 Å². The number of aromatic amines is 1. The van der Waals surface area contributed by atoms with Crippen LogP contribution >= 0.6 is 0 Å². The van der Waals surface area contributed by atoms with Gasteiger partial charge in [-0.2, -0.15) is 0 Å². The molecular formula is C11H17N3O. The van der Waals surface area contributed by atoms with E-state index >= 15 is 0 Å². The van der Waals surface area contributed by atoms with Crippen molar-refractivity contribution < 1.29 is 0 Å². The van der Waals surface area contributed by atoms with Crippen molar-refractivity contribution in [3.63, 3.8) is 0 Å². The molecule has 0 aliphatic heterocycles. The topological polar surface area (TPSA) is 71.8 Å². The maximum Gasteiger partial charge on any atom is 0.255 e. The van der Waals surface area contributed by atoms with Crippen molar-refractivity contribution in [2.75, 3.05) is 5.73 Å². The van der Waals surface area contributed by atoms with Gasteiger partial charge in [-0.05, 0) is 25.7 Å². The molecule has 0 spiro atoms. The van der Waals surface area contributed by atoms with Crippen LogP contribution in [0.4, 0.5) is 5.95 Å². The normalized spacial score (nSPS) is 17.9. The Bertz CT molecular complexity index is 405. The summed E-state index contributed by atoms with van der Waals surface area (Å²) >= 11 is 0. The van der Waals surface area contributed by atoms with Crippen LogP contribution in [0.1, 0.15) is 49.3 Å². The van der Waals surface area contributed by atoms with Gasteiger partial charge in [0, 0.05) is 5.56 Å². The average Bonchev–Trinajstić information content (AvgIpc) is 2.17. The van der Waals surface area contributed by atoms with Gasteiger partial charge >= 0.3 is 0 Å². The molecule has 2 rings (SSSR count). The van der Waals surface area contributed by atoms with Crippen molar-refractivity contribution in [2.24, 2.45) is 0 Å². The van der Waals surface area contributed by atoms with Crippen LogP contribution in [0.3, 0.4) is 0 Å². The molecule has 0 unspecified atom stereocenters. The van der Waals surface area contributed by atoms with E-state index in [1.807, 2.05) is 6.92 Å². The quantitative estimate of drug-likeness (QED) is 0.736. The summed E-state index contributed by atoms with van der Waals surface area (Å²) in [5.74, 6) is 0.604. The summed E-state index contributed by atoms with van der Waals surface area (Å²) in [6.07, 6.45) is 5.93. The predicted octanol–water partition coefficient (Wildman–Crippen LogP) is 1.71. The molecule has 1 aromatic rings. The molecule has 4 heteroatoms. The number of rotatable bonds is 1. The third-order valence-electron chi connectivity index (χ3n) is 3.18. The molecule has 0 saturated heterocycles.